The highest BCUT2D eigenvalue weighted by Gasteiger charge is 2.12. The molecule has 0 saturated carbocycles. The molecular formula is C12H13FN4O4. The zero-order valence-electron chi connectivity index (χ0n) is 11.3. The van der Waals surface area contributed by atoms with E-state index in [1.807, 2.05) is 0 Å². The van der Waals surface area contributed by atoms with Crippen molar-refractivity contribution >= 4 is 17.5 Å². The second kappa shape index (κ2) is 6.55. The van der Waals surface area contributed by atoms with Crippen molar-refractivity contribution < 1.29 is 23.2 Å². The Morgan fingerprint density at radius 3 is 2.76 bits per heavy atom. The van der Waals surface area contributed by atoms with Gasteiger partial charge in [0.15, 0.2) is 18.3 Å². The van der Waals surface area contributed by atoms with Crippen molar-refractivity contribution in [1.29, 1.82) is 0 Å². The molecule has 0 aliphatic rings. The number of pyridine rings is 1. The van der Waals surface area contributed by atoms with Crippen molar-refractivity contribution in [1.82, 2.24) is 10.1 Å². The molecule has 9 heteroatoms. The molecule has 2 aromatic heterocycles. The van der Waals surface area contributed by atoms with Gasteiger partial charge in [0.1, 0.15) is 5.69 Å². The molecule has 2 rings (SSSR count). The molecule has 0 fully saturated rings. The van der Waals surface area contributed by atoms with E-state index in [1.165, 1.54) is 20.3 Å². The van der Waals surface area contributed by atoms with Gasteiger partial charge in [-0.3, -0.25) is 5.32 Å². The molecule has 8 nitrogen and oxygen atoms in total. The summed E-state index contributed by atoms with van der Waals surface area (Å²) in [4.78, 5) is 15.8. The van der Waals surface area contributed by atoms with E-state index in [0.717, 1.165) is 0 Å². The van der Waals surface area contributed by atoms with Crippen molar-refractivity contribution in [2.75, 3.05) is 24.9 Å². The monoisotopic (exact) mass is 296 g/mol. The van der Waals surface area contributed by atoms with Crippen LogP contribution in [0.5, 0.6) is 11.8 Å². The van der Waals surface area contributed by atoms with Gasteiger partial charge < -0.3 is 19.3 Å². The molecule has 0 aromatic carbocycles. The largest absolute Gasteiger partial charge is 0.481 e. The van der Waals surface area contributed by atoms with Crippen molar-refractivity contribution in [3.8, 4) is 11.8 Å². The number of nitrogens with one attached hydrogen (secondary N) is 2. The zero-order chi connectivity index (χ0) is 15.2. The first-order chi connectivity index (χ1) is 10.2. The molecule has 2 amide bonds. The molecule has 0 atom stereocenters. The van der Waals surface area contributed by atoms with Crippen molar-refractivity contribution in [3.63, 3.8) is 0 Å². The minimum atomic E-state index is -0.799. The highest BCUT2D eigenvalue weighted by molar-refractivity contribution is 5.99. The lowest BCUT2D eigenvalue weighted by atomic mass is 10.4. The quantitative estimate of drug-likeness (QED) is 0.877. The standard InChI is InChI=1S/C12H13FN4O4/c1-19-10-4-3-8(11(16-10)20-2)14-12(18)15-9-5-7(6-13)21-17-9/h3-5H,6H2,1-2H3,(H2,14,15,17,18). The van der Waals surface area contributed by atoms with E-state index in [4.69, 9.17) is 9.47 Å². The molecule has 112 valence electrons. The number of carbonyl (C=O) groups excluding carboxylic acids is 1. The van der Waals surface area contributed by atoms with Gasteiger partial charge in [-0.1, -0.05) is 5.16 Å². The number of carbonyl (C=O) groups is 1. The lowest BCUT2D eigenvalue weighted by Crippen LogP contribution is -2.20. The Morgan fingerprint density at radius 2 is 2.14 bits per heavy atom. The van der Waals surface area contributed by atoms with Crippen LogP contribution in [0.15, 0.2) is 22.7 Å². The fourth-order valence-corrected chi connectivity index (χ4v) is 1.49. The van der Waals surface area contributed by atoms with Crippen LogP contribution >= 0.6 is 0 Å². The maximum Gasteiger partial charge on any atom is 0.325 e. The predicted molar refractivity (Wildman–Crippen MR) is 71.3 cm³/mol. The van der Waals surface area contributed by atoms with Crippen molar-refractivity contribution in [2.45, 2.75) is 6.67 Å². The SMILES string of the molecule is COc1ccc(NC(=O)Nc2cc(CF)on2)c(OC)n1. The number of rotatable bonds is 5. The summed E-state index contributed by atoms with van der Waals surface area (Å²) in [6.07, 6.45) is 0. The summed E-state index contributed by atoms with van der Waals surface area (Å²) in [5, 5.41) is 8.39. The van der Waals surface area contributed by atoms with Gasteiger partial charge in [0.05, 0.1) is 14.2 Å². The van der Waals surface area contributed by atoms with E-state index in [9.17, 15) is 9.18 Å². The number of anilines is 2. The summed E-state index contributed by atoms with van der Waals surface area (Å²) in [6, 6.07) is 3.82. The fourth-order valence-electron chi connectivity index (χ4n) is 1.49. The van der Waals surface area contributed by atoms with E-state index in [-0.39, 0.29) is 17.5 Å². The second-order valence-electron chi connectivity index (χ2n) is 3.80. The molecule has 2 heterocycles. The number of alkyl halides is 1. The van der Waals surface area contributed by atoms with E-state index in [0.29, 0.717) is 11.6 Å². The Hall–Kier alpha value is -2.84. The first-order valence-electron chi connectivity index (χ1n) is 5.85. The topological polar surface area (TPSA) is 98.5 Å². The van der Waals surface area contributed by atoms with Crippen LogP contribution in [0.3, 0.4) is 0 Å². The van der Waals surface area contributed by atoms with Gasteiger partial charge in [0, 0.05) is 12.1 Å². The maximum absolute atomic E-state index is 12.3. The third-order valence-electron chi connectivity index (χ3n) is 2.42. The van der Waals surface area contributed by atoms with Crippen LogP contribution in [0.4, 0.5) is 20.7 Å². The molecule has 0 saturated heterocycles. The van der Waals surface area contributed by atoms with Gasteiger partial charge in [-0.2, -0.15) is 4.98 Å². The molecule has 0 radical (unpaired) electrons. The predicted octanol–water partition coefficient (Wildman–Crippen LogP) is 2.20. The van der Waals surface area contributed by atoms with Crippen LogP contribution in [0.2, 0.25) is 0 Å². The van der Waals surface area contributed by atoms with Gasteiger partial charge in [-0.05, 0) is 6.07 Å². The van der Waals surface area contributed by atoms with Crippen LogP contribution in [0.25, 0.3) is 0 Å². The lowest BCUT2D eigenvalue weighted by molar-refractivity contribution is 0.261. The normalized spacial score (nSPS) is 10.0. The molecule has 2 aromatic rings. The maximum atomic E-state index is 12.3. The third kappa shape index (κ3) is 3.59. The molecule has 21 heavy (non-hydrogen) atoms. The van der Waals surface area contributed by atoms with Gasteiger partial charge in [0.2, 0.25) is 11.8 Å². The highest BCUT2D eigenvalue weighted by atomic mass is 19.1. The molecule has 0 aliphatic heterocycles. The van der Waals surface area contributed by atoms with Crippen LogP contribution in [0, 0.1) is 0 Å². The number of aromatic nitrogens is 2. The third-order valence-corrected chi connectivity index (χ3v) is 2.42. The Kier molecular flexibility index (Phi) is 4.54. The van der Waals surface area contributed by atoms with Crippen LogP contribution in [-0.4, -0.2) is 30.4 Å². The number of ether oxygens (including phenoxy) is 2. The van der Waals surface area contributed by atoms with Gasteiger partial charge in [0.25, 0.3) is 0 Å². The Balaban J connectivity index is 2.05. The average Bonchev–Trinajstić information content (AvgIpc) is 2.95. The summed E-state index contributed by atoms with van der Waals surface area (Å²) < 4.78 is 26.9. The first kappa shape index (κ1) is 14.6. The van der Waals surface area contributed by atoms with Crippen LogP contribution in [-0.2, 0) is 6.67 Å². The molecular weight excluding hydrogens is 283 g/mol. The number of amides is 2. The number of nitrogens with zero attached hydrogens (tertiary/aromatic N) is 2. The van der Waals surface area contributed by atoms with Gasteiger partial charge >= 0.3 is 6.03 Å². The molecule has 0 aliphatic carbocycles. The zero-order valence-corrected chi connectivity index (χ0v) is 11.3. The first-order valence-corrected chi connectivity index (χ1v) is 5.85. The van der Waals surface area contributed by atoms with Crippen LogP contribution in [0.1, 0.15) is 5.76 Å². The summed E-state index contributed by atoms with van der Waals surface area (Å²) >= 11 is 0. The van der Waals surface area contributed by atoms with Gasteiger partial charge in [-0.25, -0.2) is 9.18 Å². The number of urea groups is 1. The average molecular weight is 296 g/mol. The number of hydrogen-bond donors (Lipinski definition) is 2. The molecule has 0 bridgehead atoms. The van der Waals surface area contributed by atoms with E-state index >= 15 is 0 Å². The second-order valence-corrected chi connectivity index (χ2v) is 3.80. The van der Waals surface area contributed by atoms with Crippen LogP contribution < -0.4 is 20.1 Å². The van der Waals surface area contributed by atoms with E-state index < -0.39 is 12.7 Å². The smallest absolute Gasteiger partial charge is 0.325 e. The van der Waals surface area contributed by atoms with E-state index in [1.54, 1.807) is 12.1 Å². The Bertz CT molecular complexity index is 631. The van der Waals surface area contributed by atoms with Crippen molar-refractivity contribution in [3.05, 3.63) is 24.0 Å². The summed E-state index contributed by atoms with van der Waals surface area (Å²) in [7, 11) is 2.88. The van der Waals surface area contributed by atoms with Crippen molar-refractivity contribution in [2.24, 2.45) is 0 Å². The number of methoxy groups -OCH3 is 2. The number of hydrogen-bond acceptors (Lipinski definition) is 6. The lowest BCUT2D eigenvalue weighted by Gasteiger charge is -2.10. The van der Waals surface area contributed by atoms with Gasteiger partial charge in [-0.15, -0.1) is 0 Å². The fraction of sp³-hybridized carbons (Fsp3) is 0.250. The highest BCUT2D eigenvalue weighted by Crippen LogP contribution is 2.24. The Labute approximate surface area is 119 Å². The molecule has 0 unspecified atom stereocenters. The van der Waals surface area contributed by atoms with E-state index in [2.05, 4.69) is 25.3 Å². The molecule has 0 spiro atoms. The minimum Gasteiger partial charge on any atom is -0.481 e. The molecule has 2 N–H and O–H groups in total. The Morgan fingerprint density at radius 1 is 1.33 bits per heavy atom. The summed E-state index contributed by atoms with van der Waals surface area (Å²) in [5.41, 5.74) is 0.338. The summed E-state index contributed by atoms with van der Waals surface area (Å²) in [5.74, 6) is 0.658. The summed E-state index contributed by atoms with van der Waals surface area (Å²) in [6.45, 7) is -0.799. The minimum absolute atomic E-state index is 0.0222. The number of halogens is 1.